The van der Waals surface area contributed by atoms with Crippen molar-refractivity contribution in [3.63, 3.8) is 0 Å². The van der Waals surface area contributed by atoms with Crippen LogP contribution < -0.4 is 9.47 Å². The van der Waals surface area contributed by atoms with Crippen molar-refractivity contribution in [3.05, 3.63) is 59.7 Å². The lowest BCUT2D eigenvalue weighted by Crippen LogP contribution is -2.16. The van der Waals surface area contributed by atoms with Crippen molar-refractivity contribution in [2.24, 2.45) is 0 Å². The van der Waals surface area contributed by atoms with Crippen LogP contribution in [0.2, 0.25) is 0 Å². The second-order valence-electron chi connectivity index (χ2n) is 4.61. The average molecular weight is 240 g/mol. The van der Waals surface area contributed by atoms with Gasteiger partial charge in [-0.2, -0.15) is 0 Å². The Balaban J connectivity index is 1.73. The molecule has 0 spiro atoms. The first-order chi connectivity index (χ1) is 8.85. The van der Waals surface area contributed by atoms with E-state index in [4.69, 9.17) is 9.47 Å². The van der Waals surface area contributed by atoms with Crippen LogP contribution in [0.15, 0.2) is 48.5 Å². The maximum atomic E-state index is 5.95. The highest BCUT2D eigenvalue weighted by Crippen LogP contribution is 2.32. The number of rotatable bonds is 3. The fourth-order valence-corrected chi connectivity index (χ4v) is 2.41. The lowest BCUT2D eigenvalue weighted by molar-refractivity contribution is 0.233. The first kappa shape index (κ1) is 11.1. The fourth-order valence-electron chi connectivity index (χ4n) is 2.41. The molecule has 0 unspecified atom stereocenters. The molecular formula is C16H16O2. The third kappa shape index (κ3) is 2.19. The van der Waals surface area contributed by atoms with Crippen molar-refractivity contribution < 1.29 is 9.47 Å². The molecule has 0 amide bonds. The predicted octanol–water partition coefficient (Wildman–Crippen LogP) is 3.24. The summed E-state index contributed by atoms with van der Waals surface area (Å²) in [6, 6.07) is 16.5. The zero-order chi connectivity index (χ0) is 12.4. The molecule has 0 fully saturated rings. The van der Waals surface area contributed by atoms with E-state index in [1.165, 1.54) is 11.1 Å². The molecule has 3 rings (SSSR count). The van der Waals surface area contributed by atoms with Gasteiger partial charge in [0.15, 0.2) is 0 Å². The van der Waals surface area contributed by atoms with Gasteiger partial charge in [0, 0.05) is 18.4 Å². The maximum absolute atomic E-state index is 5.95. The number of fused-ring (bicyclic) bond motifs is 1. The monoisotopic (exact) mass is 240 g/mol. The summed E-state index contributed by atoms with van der Waals surface area (Å²) in [5.74, 6) is 1.90. The first-order valence-electron chi connectivity index (χ1n) is 6.22. The van der Waals surface area contributed by atoms with Crippen molar-refractivity contribution >= 4 is 0 Å². The zero-order valence-corrected chi connectivity index (χ0v) is 10.4. The highest BCUT2D eigenvalue weighted by Gasteiger charge is 2.23. The molecule has 18 heavy (non-hydrogen) atoms. The molecule has 0 aliphatic carbocycles. The Labute approximate surface area is 107 Å². The van der Waals surface area contributed by atoms with Gasteiger partial charge in [0.1, 0.15) is 17.6 Å². The van der Waals surface area contributed by atoms with Crippen molar-refractivity contribution in [3.8, 4) is 11.5 Å². The van der Waals surface area contributed by atoms with Crippen molar-refractivity contribution in [2.45, 2.75) is 18.9 Å². The number of hydrogen-bond acceptors (Lipinski definition) is 2. The van der Waals surface area contributed by atoms with Crippen LogP contribution in [-0.4, -0.2) is 13.2 Å². The SMILES string of the molecule is COc1ccc2c(c1)C[C@@H](Cc1ccccc1)O2. The molecule has 0 saturated carbocycles. The maximum Gasteiger partial charge on any atom is 0.123 e. The second-order valence-corrected chi connectivity index (χ2v) is 4.61. The smallest absolute Gasteiger partial charge is 0.123 e. The summed E-state index contributed by atoms with van der Waals surface area (Å²) in [6.45, 7) is 0. The number of hydrogen-bond donors (Lipinski definition) is 0. The lowest BCUT2D eigenvalue weighted by Gasteiger charge is -2.10. The average Bonchev–Trinajstić information content (AvgIpc) is 2.80. The van der Waals surface area contributed by atoms with Gasteiger partial charge in [-0.1, -0.05) is 30.3 Å². The summed E-state index contributed by atoms with van der Waals surface area (Å²) in [5, 5.41) is 0. The van der Waals surface area contributed by atoms with Gasteiger partial charge in [-0.3, -0.25) is 0 Å². The topological polar surface area (TPSA) is 18.5 Å². The molecule has 1 atom stereocenters. The summed E-state index contributed by atoms with van der Waals surface area (Å²) >= 11 is 0. The Morgan fingerprint density at radius 2 is 2.00 bits per heavy atom. The third-order valence-electron chi connectivity index (χ3n) is 3.32. The summed E-state index contributed by atoms with van der Waals surface area (Å²) in [7, 11) is 1.69. The van der Waals surface area contributed by atoms with E-state index in [9.17, 15) is 0 Å². The van der Waals surface area contributed by atoms with Crippen molar-refractivity contribution in [1.82, 2.24) is 0 Å². The molecule has 2 nitrogen and oxygen atoms in total. The van der Waals surface area contributed by atoms with Gasteiger partial charge in [0.25, 0.3) is 0 Å². The van der Waals surface area contributed by atoms with Crippen LogP contribution in [0.25, 0.3) is 0 Å². The Hall–Kier alpha value is -1.96. The van der Waals surface area contributed by atoms with Crippen LogP contribution in [0.3, 0.4) is 0 Å². The lowest BCUT2D eigenvalue weighted by atomic mass is 10.0. The Morgan fingerprint density at radius 3 is 2.78 bits per heavy atom. The van der Waals surface area contributed by atoms with E-state index in [2.05, 4.69) is 30.3 Å². The summed E-state index contributed by atoms with van der Waals surface area (Å²) in [6.07, 6.45) is 2.16. The summed E-state index contributed by atoms with van der Waals surface area (Å²) < 4.78 is 11.2. The molecule has 0 N–H and O–H groups in total. The minimum atomic E-state index is 0.245. The van der Waals surface area contributed by atoms with E-state index < -0.39 is 0 Å². The van der Waals surface area contributed by atoms with E-state index in [0.717, 1.165) is 24.3 Å². The first-order valence-corrected chi connectivity index (χ1v) is 6.22. The van der Waals surface area contributed by atoms with Gasteiger partial charge in [-0.05, 0) is 23.8 Å². The van der Waals surface area contributed by atoms with Gasteiger partial charge in [-0.15, -0.1) is 0 Å². The van der Waals surface area contributed by atoms with Crippen LogP contribution >= 0.6 is 0 Å². The Kier molecular flexibility index (Phi) is 2.93. The van der Waals surface area contributed by atoms with E-state index in [0.29, 0.717) is 0 Å². The molecule has 0 aromatic heterocycles. The van der Waals surface area contributed by atoms with Crippen LogP contribution in [0.5, 0.6) is 11.5 Å². The number of methoxy groups -OCH3 is 1. The Morgan fingerprint density at radius 1 is 1.17 bits per heavy atom. The van der Waals surface area contributed by atoms with E-state index in [1.807, 2.05) is 18.2 Å². The van der Waals surface area contributed by atoms with E-state index in [1.54, 1.807) is 7.11 Å². The highest BCUT2D eigenvalue weighted by atomic mass is 16.5. The van der Waals surface area contributed by atoms with Crippen molar-refractivity contribution in [1.29, 1.82) is 0 Å². The second kappa shape index (κ2) is 4.73. The molecule has 1 aliphatic rings. The fraction of sp³-hybridized carbons (Fsp3) is 0.250. The largest absolute Gasteiger partial charge is 0.497 e. The van der Waals surface area contributed by atoms with Crippen LogP contribution in [0.1, 0.15) is 11.1 Å². The Bertz CT molecular complexity index is 534. The third-order valence-corrected chi connectivity index (χ3v) is 3.32. The molecule has 0 bridgehead atoms. The van der Waals surface area contributed by atoms with Gasteiger partial charge in [-0.25, -0.2) is 0 Å². The predicted molar refractivity (Wildman–Crippen MR) is 71.3 cm³/mol. The minimum Gasteiger partial charge on any atom is -0.497 e. The van der Waals surface area contributed by atoms with Crippen LogP contribution in [0.4, 0.5) is 0 Å². The highest BCUT2D eigenvalue weighted by molar-refractivity contribution is 5.43. The van der Waals surface area contributed by atoms with Gasteiger partial charge in [0.05, 0.1) is 7.11 Å². The standard InChI is InChI=1S/C16H16O2/c1-17-14-7-8-16-13(10-14)11-15(18-16)9-12-5-3-2-4-6-12/h2-8,10,15H,9,11H2,1H3/t15-/m1/s1. The minimum absolute atomic E-state index is 0.245. The molecule has 0 saturated heterocycles. The van der Waals surface area contributed by atoms with Crippen LogP contribution in [0, 0.1) is 0 Å². The molecule has 1 heterocycles. The quantitative estimate of drug-likeness (QED) is 0.820. The molecular weight excluding hydrogens is 224 g/mol. The van der Waals surface area contributed by atoms with Gasteiger partial charge >= 0.3 is 0 Å². The van der Waals surface area contributed by atoms with E-state index >= 15 is 0 Å². The molecule has 2 aromatic rings. The van der Waals surface area contributed by atoms with Gasteiger partial charge in [0.2, 0.25) is 0 Å². The number of ether oxygens (including phenoxy) is 2. The van der Waals surface area contributed by atoms with Crippen molar-refractivity contribution in [2.75, 3.05) is 7.11 Å². The number of benzene rings is 2. The summed E-state index contributed by atoms with van der Waals surface area (Å²) in [5.41, 5.74) is 2.57. The normalized spacial score (nSPS) is 17.1. The summed E-state index contributed by atoms with van der Waals surface area (Å²) in [4.78, 5) is 0. The van der Waals surface area contributed by atoms with Crippen LogP contribution in [-0.2, 0) is 12.8 Å². The zero-order valence-electron chi connectivity index (χ0n) is 10.4. The van der Waals surface area contributed by atoms with Gasteiger partial charge < -0.3 is 9.47 Å². The molecule has 0 radical (unpaired) electrons. The molecule has 92 valence electrons. The van der Waals surface area contributed by atoms with E-state index in [-0.39, 0.29) is 6.10 Å². The molecule has 2 heteroatoms. The molecule has 1 aliphatic heterocycles. The molecule has 2 aromatic carbocycles.